The predicted molar refractivity (Wildman–Crippen MR) is 139 cm³/mol. The first-order chi connectivity index (χ1) is 17.9. The Balaban J connectivity index is 2.22. The van der Waals surface area contributed by atoms with Crippen LogP contribution in [0.2, 0.25) is 0 Å². The molecule has 0 radical (unpaired) electrons. The van der Waals surface area contributed by atoms with E-state index in [2.05, 4.69) is 0 Å². The van der Waals surface area contributed by atoms with Crippen molar-refractivity contribution in [2.45, 2.75) is 0 Å². The van der Waals surface area contributed by atoms with Gasteiger partial charge >= 0.3 is 5.97 Å². The average molecular weight is 506 g/mol. The lowest BCUT2D eigenvalue weighted by molar-refractivity contribution is 0.0591. The summed E-state index contributed by atoms with van der Waals surface area (Å²) in [7, 11) is 8.79. The van der Waals surface area contributed by atoms with Gasteiger partial charge in [-0.25, -0.2) is 4.79 Å². The fraction of sp³-hybridized carbons (Fsp3) is 0.214. The molecule has 0 atom stereocenters. The van der Waals surface area contributed by atoms with E-state index in [0.717, 1.165) is 0 Å². The van der Waals surface area contributed by atoms with Crippen molar-refractivity contribution in [1.29, 1.82) is 0 Å². The van der Waals surface area contributed by atoms with Crippen LogP contribution in [0.25, 0.3) is 27.6 Å². The molecule has 9 heteroatoms. The molecular formula is C28H27NO8. The van der Waals surface area contributed by atoms with E-state index in [0.29, 0.717) is 56.3 Å². The summed E-state index contributed by atoms with van der Waals surface area (Å²) in [5, 5.41) is 0.951. The van der Waals surface area contributed by atoms with Crippen LogP contribution in [0, 0.1) is 0 Å². The second kappa shape index (κ2) is 10.5. The van der Waals surface area contributed by atoms with Crippen molar-refractivity contribution in [3.05, 3.63) is 70.6 Å². The number of ether oxygens (including phenoxy) is 6. The highest BCUT2D eigenvalue weighted by Gasteiger charge is 2.27. The average Bonchev–Trinajstić information content (AvgIpc) is 2.95. The number of aromatic nitrogens is 1. The van der Waals surface area contributed by atoms with Crippen molar-refractivity contribution in [3.63, 3.8) is 0 Å². The van der Waals surface area contributed by atoms with E-state index in [1.54, 1.807) is 54.6 Å². The maximum atomic E-state index is 13.9. The highest BCUT2D eigenvalue weighted by molar-refractivity contribution is 6.07. The molecule has 0 N–H and O–H groups in total. The maximum Gasteiger partial charge on any atom is 0.355 e. The van der Waals surface area contributed by atoms with Crippen molar-refractivity contribution in [2.75, 3.05) is 42.7 Å². The van der Waals surface area contributed by atoms with Gasteiger partial charge in [-0.2, -0.15) is 0 Å². The molecular weight excluding hydrogens is 478 g/mol. The van der Waals surface area contributed by atoms with Crippen LogP contribution < -0.4 is 29.2 Å². The van der Waals surface area contributed by atoms with Crippen LogP contribution in [0.1, 0.15) is 10.5 Å². The van der Waals surface area contributed by atoms with Gasteiger partial charge in [0.1, 0.15) is 5.69 Å². The summed E-state index contributed by atoms with van der Waals surface area (Å²) in [4.78, 5) is 27.3. The number of benzene rings is 3. The number of hydrogen-bond donors (Lipinski definition) is 0. The lowest BCUT2D eigenvalue weighted by Gasteiger charge is -2.21. The Hall–Kier alpha value is -4.66. The van der Waals surface area contributed by atoms with E-state index < -0.39 is 11.5 Å². The molecule has 9 nitrogen and oxygen atoms in total. The summed E-state index contributed by atoms with van der Waals surface area (Å²) in [6, 6.07) is 15.4. The summed E-state index contributed by atoms with van der Waals surface area (Å²) in [6.45, 7) is 0. The van der Waals surface area contributed by atoms with Gasteiger partial charge in [0.2, 0.25) is 5.75 Å². The Kier molecular flexibility index (Phi) is 7.24. The third-order valence-corrected chi connectivity index (χ3v) is 6.05. The second-order valence-electron chi connectivity index (χ2n) is 7.85. The Labute approximate surface area is 213 Å². The van der Waals surface area contributed by atoms with E-state index in [4.69, 9.17) is 28.4 Å². The van der Waals surface area contributed by atoms with Gasteiger partial charge in [-0.15, -0.1) is 0 Å². The fourth-order valence-electron chi connectivity index (χ4n) is 4.37. The molecule has 0 amide bonds. The molecule has 37 heavy (non-hydrogen) atoms. The van der Waals surface area contributed by atoms with Gasteiger partial charge in [0.05, 0.1) is 48.3 Å². The molecule has 0 saturated heterocycles. The number of esters is 1. The van der Waals surface area contributed by atoms with Gasteiger partial charge < -0.3 is 28.4 Å². The number of hydrogen-bond acceptors (Lipinski definition) is 8. The van der Waals surface area contributed by atoms with Crippen LogP contribution in [0.3, 0.4) is 0 Å². The summed E-state index contributed by atoms with van der Waals surface area (Å²) < 4.78 is 33.9. The van der Waals surface area contributed by atoms with Crippen molar-refractivity contribution < 1.29 is 33.2 Å². The standard InChI is InChI=1S/C28H27NO8/c1-32-20-12-11-17(15-21(20)33-2)29-25(28(31)37-6)24(18-9-7-8-10-19(18)27(29)30)16-13-22(34-3)26(36-5)23(14-16)35-4/h7-15H,1-6H3. The lowest BCUT2D eigenvalue weighted by atomic mass is 9.95. The number of pyridine rings is 1. The summed E-state index contributed by atoms with van der Waals surface area (Å²) in [6.07, 6.45) is 0. The molecule has 0 bridgehead atoms. The predicted octanol–water partition coefficient (Wildman–Crippen LogP) is 4.49. The Morgan fingerprint density at radius 2 is 1.27 bits per heavy atom. The van der Waals surface area contributed by atoms with Crippen LogP contribution in [0.4, 0.5) is 0 Å². The number of carbonyl (C=O) groups is 1. The first-order valence-electron chi connectivity index (χ1n) is 11.2. The summed E-state index contributed by atoms with van der Waals surface area (Å²) >= 11 is 0. The van der Waals surface area contributed by atoms with Crippen LogP contribution in [-0.4, -0.2) is 53.2 Å². The third kappa shape index (κ3) is 4.29. The summed E-state index contributed by atoms with van der Waals surface area (Å²) in [5.41, 5.74) is 1.02. The molecule has 4 aromatic rings. The second-order valence-corrected chi connectivity index (χ2v) is 7.85. The SMILES string of the molecule is COC(=O)c1c(-c2cc(OC)c(OC)c(OC)c2)c2ccccc2c(=O)n1-c1ccc(OC)c(OC)c1. The monoisotopic (exact) mass is 505 g/mol. The molecule has 1 aromatic heterocycles. The van der Waals surface area contributed by atoms with E-state index in [9.17, 15) is 9.59 Å². The van der Waals surface area contributed by atoms with Gasteiger partial charge in [-0.1, -0.05) is 18.2 Å². The quantitative estimate of drug-likeness (QED) is 0.324. The smallest absolute Gasteiger partial charge is 0.355 e. The Morgan fingerprint density at radius 1 is 0.676 bits per heavy atom. The van der Waals surface area contributed by atoms with Crippen molar-refractivity contribution in [1.82, 2.24) is 4.57 Å². The molecule has 1 heterocycles. The van der Waals surface area contributed by atoms with Crippen molar-refractivity contribution >= 4 is 16.7 Å². The maximum absolute atomic E-state index is 13.9. The first kappa shape index (κ1) is 25.4. The molecule has 0 aliphatic carbocycles. The zero-order valence-corrected chi connectivity index (χ0v) is 21.4. The Morgan fingerprint density at radius 3 is 1.81 bits per heavy atom. The van der Waals surface area contributed by atoms with E-state index >= 15 is 0 Å². The molecule has 0 unspecified atom stereocenters. The molecule has 3 aromatic carbocycles. The lowest BCUT2D eigenvalue weighted by Crippen LogP contribution is -2.27. The van der Waals surface area contributed by atoms with Crippen LogP contribution >= 0.6 is 0 Å². The number of rotatable bonds is 8. The minimum absolute atomic E-state index is 0.0210. The van der Waals surface area contributed by atoms with E-state index in [1.807, 2.05) is 0 Å². The number of methoxy groups -OCH3 is 6. The van der Waals surface area contributed by atoms with Crippen LogP contribution in [-0.2, 0) is 4.74 Å². The highest BCUT2D eigenvalue weighted by Crippen LogP contribution is 2.44. The highest BCUT2D eigenvalue weighted by atomic mass is 16.5. The van der Waals surface area contributed by atoms with Gasteiger partial charge in [-0.3, -0.25) is 9.36 Å². The number of carbonyl (C=O) groups excluding carboxylic acids is 1. The van der Waals surface area contributed by atoms with Gasteiger partial charge in [-0.05, 0) is 41.3 Å². The normalized spacial score (nSPS) is 10.6. The van der Waals surface area contributed by atoms with Gasteiger partial charge in [0.25, 0.3) is 5.56 Å². The zero-order chi connectivity index (χ0) is 26.7. The number of nitrogens with zero attached hydrogens (tertiary/aromatic N) is 1. The molecule has 0 fully saturated rings. The van der Waals surface area contributed by atoms with Crippen LogP contribution in [0.5, 0.6) is 28.7 Å². The third-order valence-electron chi connectivity index (χ3n) is 6.05. The fourth-order valence-corrected chi connectivity index (χ4v) is 4.37. The Bertz CT molecular complexity index is 1510. The van der Waals surface area contributed by atoms with Gasteiger partial charge in [0, 0.05) is 17.0 Å². The molecule has 0 saturated carbocycles. The van der Waals surface area contributed by atoms with E-state index in [-0.39, 0.29) is 5.69 Å². The van der Waals surface area contributed by atoms with Crippen LogP contribution in [0.15, 0.2) is 59.4 Å². The first-order valence-corrected chi connectivity index (χ1v) is 11.2. The summed E-state index contributed by atoms with van der Waals surface area (Å²) in [5.74, 6) is 1.34. The molecule has 192 valence electrons. The minimum atomic E-state index is -0.707. The van der Waals surface area contributed by atoms with E-state index in [1.165, 1.54) is 47.2 Å². The van der Waals surface area contributed by atoms with Crippen molar-refractivity contribution in [3.8, 4) is 45.6 Å². The topological polar surface area (TPSA) is 94.5 Å². The van der Waals surface area contributed by atoms with Gasteiger partial charge in [0.15, 0.2) is 23.0 Å². The van der Waals surface area contributed by atoms with Crippen molar-refractivity contribution in [2.24, 2.45) is 0 Å². The largest absolute Gasteiger partial charge is 0.493 e. The minimum Gasteiger partial charge on any atom is -0.493 e. The molecule has 0 aliphatic rings. The molecule has 0 aliphatic heterocycles. The molecule has 0 spiro atoms. The number of fused-ring (bicyclic) bond motifs is 1. The zero-order valence-electron chi connectivity index (χ0n) is 21.4. The molecule has 4 rings (SSSR count).